The van der Waals surface area contributed by atoms with Gasteiger partial charge in [-0.15, -0.1) is 0 Å². The lowest BCUT2D eigenvalue weighted by Crippen LogP contribution is -2.20. The van der Waals surface area contributed by atoms with Crippen LogP contribution in [0.5, 0.6) is 5.75 Å². The molecule has 2 rings (SSSR count). The van der Waals surface area contributed by atoms with E-state index in [4.69, 9.17) is 10.00 Å². The third kappa shape index (κ3) is 3.33. The summed E-state index contributed by atoms with van der Waals surface area (Å²) >= 11 is 0. The highest BCUT2D eigenvalue weighted by atomic mass is 19.1. The molecule has 1 atom stereocenters. The third-order valence-electron chi connectivity index (χ3n) is 3.08. The van der Waals surface area contributed by atoms with Crippen molar-refractivity contribution >= 4 is 11.7 Å². The number of nitrogens with one attached hydrogen (secondary N) is 1. The minimum Gasteiger partial charge on any atom is -0.494 e. The molecule has 112 valence electrons. The van der Waals surface area contributed by atoms with Gasteiger partial charge in [0.25, 0.3) is 0 Å². The molecule has 0 aliphatic carbocycles. The SMILES string of the molecule is COc1ccc(C(Nc2ccc(C#N)cc2)C(=O)O)cc1F. The standard InChI is InChI=1S/C16H13FN2O3/c1-22-14-7-4-11(8-13(14)17)15(16(20)21)19-12-5-2-10(9-18)3-6-12/h2-8,15,19H,1H3,(H,20,21). The van der Waals surface area contributed by atoms with Gasteiger partial charge in [0.15, 0.2) is 17.6 Å². The van der Waals surface area contributed by atoms with Crippen LogP contribution in [-0.4, -0.2) is 18.2 Å². The number of hydrogen-bond acceptors (Lipinski definition) is 4. The summed E-state index contributed by atoms with van der Waals surface area (Å²) in [4.78, 5) is 11.4. The van der Waals surface area contributed by atoms with Crippen LogP contribution in [0.1, 0.15) is 17.2 Å². The fourth-order valence-electron chi connectivity index (χ4n) is 1.96. The number of methoxy groups -OCH3 is 1. The van der Waals surface area contributed by atoms with E-state index in [9.17, 15) is 14.3 Å². The van der Waals surface area contributed by atoms with E-state index in [1.807, 2.05) is 6.07 Å². The normalized spacial score (nSPS) is 11.3. The van der Waals surface area contributed by atoms with Gasteiger partial charge in [0.05, 0.1) is 18.7 Å². The molecule has 2 aromatic carbocycles. The number of halogens is 1. The average Bonchev–Trinajstić information content (AvgIpc) is 2.52. The molecular weight excluding hydrogens is 287 g/mol. The van der Waals surface area contributed by atoms with Crippen molar-refractivity contribution in [1.29, 1.82) is 5.26 Å². The van der Waals surface area contributed by atoms with E-state index in [0.29, 0.717) is 11.3 Å². The second-order valence-electron chi connectivity index (χ2n) is 4.50. The summed E-state index contributed by atoms with van der Waals surface area (Å²) in [6.45, 7) is 0. The van der Waals surface area contributed by atoms with Crippen molar-refractivity contribution in [1.82, 2.24) is 0 Å². The topological polar surface area (TPSA) is 82.3 Å². The number of ether oxygens (including phenoxy) is 1. The molecule has 0 aromatic heterocycles. The number of carboxylic acids is 1. The molecule has 2 N–H and O–H groups in total. The zero-order valence-corrected chi connectivity index (χ0v) is 11.7. The monoisotopic (exact) mass is 300 g/mol. The molecule has 0 aliphatic heterocycles. The molecule has 0 heterocycles. The molecule has 0 aliphatic rings. The Morgan fingerprint density at radius 3 is 2.50 bits per heavy atom. The molecule has 0 radical (unpaired) electrons. The summed E-state index contributed by atoms with van der Waals surface area (Å²) in [5.41, 5.74) is 1.24. The van der Waals surface area contributed by atoms with Crippen molar-refractivity contribution in [3.05, 3.63) is 59.4 Å². The van der Waals surface area contributed by atoms with E-state index in [1.165, 1.54) is 19.2 Å². The molecular formula is C16H13FN2O3. The van der Waals surface area contributed by atoms with Gasteiger partial charge in [-0.3, -0.25) is 0 Å². The van der Waals surface area contributed by atoms with Crippen LogP contribution in [0, 0.1) is 17.1 Å². The second-order valence-corrected chi connectivity index (χ2v) is 4.50. The number of hydrogen-bond donors (Lipinski definition) is 2. The Balaban J connectivity index is 2.28. The van der Waals surface area contributed by atoms with Crippen LogP contribution in [0.4, 0.5) is 10.1 Å². The lowest BCUT2D eigenvalue weighted by molar-refractivity contribution is -0.138. The van der Waals surface area contributed by atoms with Crippen LogP contribution in [0.3, 0.4) is 0 Å². The smallest absolute Gasteiger partial charge is 0.330 e. The Labute approximate surface area is 126 Å². The Morgan fingerprint density at radius 1 is 1.32 bits per heavy atom. The van der Waals surface area contributed by atoms with Gasteiger partial charge in [0.1, 0.15) is 0 Å². The zero-order chi connectivity index (χ0) is 16.1. The molecule has 0 saturated heterocycles. The van der Waals surface area contributed by atoms with Gasteiger partial charge in [0, 0.05) is 5.69 Å². The predicted molar refractivity (Wildman–Crippen MR) is 78.1 cm³/mol. The maximum atomic E-state index is 13.7. The van der Waals surface area contributed by atoms with E-state index in [-0.39, 0.29) is 11.3 Å². The lowest BCUT2D eigenvalue weighted by Gasteiger charge is -2.17. The van der Waals surface area contributed by atoms with Gasteiger partial charge >= 0.3 is 5.97 Å². The van der Waals surface area contributed by atoms with E-state index < -0.39 is 17.8 Å². The average molecular weight is 300 g/mol. The van der Waals surface area contributed by atoms with Crippen LogP contribution in [0.15, 0.2) is 42.5 Å². The minimum absolute atomic E-state index is 0.0475. The van der Waals surface area contributed by atoms with E-state index in [2.05, 4.69) is 5.32 Å². The Hall–Kier alpha value is -3.07. The molecule has 5 nitrogen and oxygen atoms in total. The number of nitrogens with zero attached hydrogens (tertiary/aromatic N) is 1. The van der Waals surface area contributed by atoms with Crippen molar-refractivity contribution in [3.63, 3.8) is 0 Å². The Bertz CT molecular complexity index is 723. The number of nitriles is 1. The first-order valence-corrected chi connectivity index (χ1v) is 6.38. The largest absolute Gasteiger partial charge is 0.494 e. The maximum Gasteiger partial charge on any atom is 0.330 e. The molecule has 0 bridgehead atoms. The highest BCUT2D eigenvalue weighted by molar-refractivity contribution is 5.79. The molecule has 2 aromatic rings. The van der Waals surface area contributed by atoms with Gasteiger partial charge in [0.2, 0.25) is 0 Å². The van der Waals surface area contributed by atoms with Gasteiger partial charge in [-0.1, -0.05) is 6.07 Å². The lowest BCUT2D eigenvalue weighted by atomic mass is 10.1. The van der Waals surface area contributed by atoms with Crippen molar-refractivity contribution in [3.8, 4) is 11.8 Å². The maximum absolute atomic E-state index is 13.7. The summed E-state index contributed by atoms with van der Waals surface area (Å²) in [5, 5.41) is 20.9. The van der Waals surface area contributed by atoms with Gasteiger partial charge in [-0.25, -0.2) is 9.18 Å². The van der Waals surface area contributed by atoms with Crippen LogP contribution in [0.2, 0.25) is 0 Å². The number of anilines is 1. The van der Waals surface area contributed by atoms with Crippen LogP contribution >= 0.6 is 0 Å². The first kappa shape index (κ1) is 15.3. The number of carbonyl (C=O) groups is 1. The fraction of sp³-hybridized carbons (Fsp3) is 0.125. The summed E-state index contributed by atoms with van der Waals surface area (Å²) < 4.78 is 18.5. The number of benzene rings is 2. The van der Waals surface area contributed by atoms with Gasteiger partial charge in [-0.2, -0.15) is 5.26 Å². The van der Waals surface area contributed by atoms with Gasteiger partial charge < -0.3 is 15.2 Å². The highest BCUT2D eigenvalue weighted by Crippen LogP contribution is 2.25. The Kier molecular flexibility index (Phi) is 4.59. The van der Waals surface area contributed by atoms with E-state index >= 15 is 0 Å². The van der Waals surface area contributed by atoms with E-state index in [0.717, 1.165) is 6.07 Å². The number of carboxylic acid groups (broad SMARTS) is 1. The van der Waals surface area contributed by atoms with Crippen LogP contribution in [-0.2, 0) is 4.79 Å². The first-order chi connectivity index (χ1) is 10.5. The summed E-state index contributed by atoms with van der Waals surface area (Å²) in [7, 11) is 1.34. The third-order valence-corrected chi connectivity index (χ3v) is 3.08. The zero-order valence-electron chi connectivity index (χ0n) is 11.7. The van der Waals surface area contributed by atoms with E-state index in [1.54, 1.807) is 24.3 Å². The summed E-state index contributed by atoms with van der Waals surface area (Å²) in [6, 6.07) is 11.1. The predicted octanol–water partition coefficient (Wildman–Crippen LogP) is 2.94. The molecule has 0 saturated carbocycles. The van der Waals surface area contributed by atoms with Gasteiger partial charge in [-0.05, 0) is 42.0 Å². The van der Waals surface area contributed by atoms with Crippen molar-refractivity contribution < 1.29 is 19.0 Å². The molecule has 0 spiro atoms. The summed E-state index contributed by atoms with van der Waals surface area (Å²) in [5.74, 6) is -1.73. The fourth-order valence-corrected chi connectivity index (χ4v) is 1.96. The first-order valence-electron chi connectivity index (χ1n) is 6.38. The molecule has 0 fully saturated rings. The molecule has 0 amide bonds. The van der Waals surface area contributed by atoms with Crippen molar-refractivity contribution in [2.24, 2.45) is 0 Å². The number of aliphatic carboxylic acids is 1. The van der Waals surface area contributed by atoms with Crippen LogP contribution in [0.25, 0.3) is 0 Å². The molecule has 22 heavy (non-hydrogen) atoms. The quantitative estimate of drug-likeness (QED) is 0.887. The van der Waals surface area contributed by atoms with Crippen LogP contribution < -0.4 is 10.1 Å². The second kappa shape index (κ2) is 6.59. The van der Waals surface area contributed by atoms with Crippen molar-refractivity contribution in [2.75, 3.05) is 12.4 Å². The summed E-state index contributed by atoms with van der Waals surface area (Å²) in [6.07, 6.45) is 0. The number of rotatable bonds is 5. The molecule has 6 heteroatoms. The molecule has 1 unspecified atom stereocenters. The highest BCUT2D eigenvalue weighted by Gasteiger charge is 2.21. The van der Waals surface area contributed by atoms with Crippen molar-refractivity contribution in [2.45, 2.75) is 6.04 Å². The minimum atomic E-state index is -1.14. The Morgan fingerprint density at radius 2 is 2.00 bits per heavy atom.